The minimum Gasteiger partial charge on any atom is -0.445 e. The van der Waals surface area contributed by atoms with Gasteiger partial charge in [0.25, 0.3) is 0 Å². The molecule has 5 atom stereocenters. The molecule has 2 saturated carbocycles. The zero-order valence-electron chi connectivity index (χ0n) is 24.7. The van der Waals surface area contributed by atoms with E-state index in [0.29, 0.717) is 48.9 Å². The normalized spacial score (nSPS) is 29.0. The molecule has 6 heteroatoms. The number of nitrogens with zero attached hydrogens (tertiary/aromatic N) is 3. The first-order valence-corrected chi connectivity index (χ1v) is 16.2. The predicted octanol–water partition coefficient (Wildman–Crippen LogP) is 6.46. The summed E-state index contributed by atoms with van der Waals surface area (Å²) in [4.78, 5) is 33.1. The van der Waals surface area contributed by atoms with Crippen LogP contribution in [0.5, 0.6) is 0 Å². The van der Waals surface area contributed by atoms with Crippen molar-refractivity contribution < 1.29 is 14.3 Å². The number of fused-ring (bicyclic) bond motifs is 1. The summed E-state index contributed by atoms with van der Waals surface area (Å²) in [7, 11) is 0. The fourth-order valence-electron chi connectivity index (χ4n) is 8.50. The largest absolute Gasteiger partial charge is 0.445 e. The molecule has 2 aliphatic heterocycles. The quantitative estimate of drug-likeness (QED) is 0.374. The van der Waals surface area contributed by atoms with E-state index in [1.54, 1.807) is 0 Å². The van der Waals surface area contributed by atoms with E-state index < -0.39 is 0 Å². The Balaban J connectivity index is 1.07. The summed E-state index contributed by atoms with van der Waals surface area (Å²) in [5.74, 6) is 2.05. The minimum atomic E-state index is -0.200. The van der Waals surface area contributed by atoms with Crippen LogP contribution in [0.3, 0.4) is 0 Å². The van der Waals surface area contributed by atoms with Crippen molar-refractivity contribution in [2.45, 2.75) is 95.4 Å². The number of hydrogen-bond acceptors (Lipinski definition) is 4. The fraction of sp³-hybridized carbons (Fsp3) is 0.600. The third-order valence-corrected chi connectivity index (χ3v) is 10.5. The van der Waals surface area contributed by atoms with E-state index in [0.717, 1.165) is 57.3 Å². The highest BCUT2D eigenvalue weighted by Gasteiger charge is 2.48. The van der Waals surface area contributed by atoms with Crippen LogP contribution in [0.2, 0.25) is 0 Å². The molecule has 2 aliphatic carbocycles. The molecule has 4 aliphatic rings. The van der Waals surface area contributed by atoms with Gasteiger partial charge in [-0.2, -0.15) is 0 Å². The summed E-state index contributed by atoms with van der Waals surface area (Å²) < 4.78 is 5.68. The highest BCUT2D eigenvalue weighted by atomic mass is 16.6. The Labute approximate surface area is 246 Å². The fourth-order valence-corrected chi connectivity index (χ4v) is 8.50. The molecule has 0 aromatic heterocycles. The van der Waals surface area contributed by atoms with Gasteiger partial charge in [0.1, 0.15) is 6.61 Å². The van der Waals surface area contributed by atoms with Crippen LogP contribution in [0.15, 0.2) is 60.7 Å². The first-order chi connectivity index (χ1) is 20.1. The van der Waals surface area contributed by atoms with Gasteiger partial charge in [-0.3, -0.25) is 4.79 Å². The van der Waals surface area contributed by atoms with E-state index in [2.05, 4.69) is 47.1 Å². The molecule has 41 heavy (non-hydrogen) atoms. The van der Waals surface area contributed by atoms with Crippen LogP contribution in [-0.2, 0) is 16.1 Å². The second kappa shape index (κ2) is 13.0. The Morgan fingerprint density at radius 1 is 0.927 bits per heavy atom. The lowest BCUT2D eigenvalue weighted by Crippen LogP contribution is -2.48. The van der Waals surface area contributed by atoms with Crippen molar-refractivity contribution in [2.24, 2.45) is 11.8 Å². The zero-order chi connectivity index (χ0) is 28.2. The predicted molar refractivity (Wildman–Crippen MR) is 161 cm³/mol. The molecule has 2 aromatic rings. The maximum Gasteiger partial charge on any atom is 0.410 e. The second-order valence-electron chi connectivity index (χ2n) is 12.9. The Kier molecular flexibility index (Phi) is 8.95. The Bertz CT molecular complexity index is 1150. The van der Waals surface area contributed by atoms with Gasteiger partial charge >= 0.3 is 6.09 Å². The zero-order valence-corrected chi connectivity index (χ0v) is 24.7. The van der Waals surface area contributed by atoms with Crippen molar-refractivity contribution in [2.75, 3.05) is 26.2 Å². The summed E-state index contributed by atoms with van der Waals surface area (Å²) >= 11 is 0. The van der Waals surface area contributed by atoms with Crippen molar-refractivity contribution >= 4 is 12.0 Å². The lowest BCUT2D eigenvalue weighted by molar-refractivity contribution is -0.131. The van der Waals surface area contributed by atoms with Crippen molar-refractivity contribution in [3.05, 3.63) is 71.8 Å². The molecule has 4 fully saturated rings. The van der Waals surface area contributed by atoms with E-state index in [1.807, 2.05) is 35.2 Å². The van der Waals surface area contributed by atoms with Gasteiger partial charge in [-0.15, -0.1) is 0 Å². The lowest BCUT2D eigenvalue weighted by atomic mass is 9.85. The van der Waals surface area contributed by atoms with E-state index in [4.69, 9.17) is 4.74 Å². The van der Waals surface area contributed by atoms with Gasteiger partial charge in [-0.1, -0.05) is 73.5 Å². The first-order valence-electron chi connectivity index (χ1n) is 16.2. The lowest BCUT2D eigenvalue weighted by Gasteiger charge is -2.39. The van der Waals surface area contributed by atoms with Crippen LogP contribution in [-0.4, -0.2) is 71.0 Å². The number of likely N-dealkylation sites (tertiary alicyclic amines) is 2. The van der Waals surface area contributed by atoms with Gasteiger partial charge in [0.15, 0.2) is 0 Å². The highest BCUT2D eigenvalue weighted by Crippen LogP contribution is 2.47. The smallest absolute Gasteiger partial charge is 0.410 e. The topological polar surface area (TPSA) is 53.1 Å². The first kappa shape index (κ1) is 28.3. The van der Waals surface area contributed by atoms with Gasteiger partial charge < -0.3 is 19.4 Å². The molecule has 2 aromatic carbocycles. The average Bonchev–Trinajstić information content (AvgIpc) is 3.57. The molecule has 6 rings (SSSR count). The van der Waals surface area contributed by atoms with Crippen molar-refractivity contribution in [3.8, 4) is 0 Å². The number of carbonyl (C=O) groups excluding carboxylic acids is 2. The number of carbonyl (C=O) groups is 2. The molecule has 0 N–H and O–H groups in total. The number of piperidine rings is 1. The van der Waals surface area contributed by atoms with E-state index in [-0.39, 0.29) is 12.1 Å². The summed E-state index contributed by atoms with van der Waals surface area (Å²) in [6, 6.07) is 22.0. The number of ether oxygens (including phenoxy) is 1. The monoisotopic (exact) mass is 557 g/mol. The van der Waals surface area contributed by atoms with Gasteiger partial charge in [-0.25, -0.2) is 4.79 Å². The summed E-state index contributed by atoms with van der Waals surface area (Å²) in [6.45, 7) is 6.12. The Morgan fingerprint density at radius 2 is 1.63 bits per heavy atom. The average molecular weight is 558 g/mol. The maximum absolute atomic E-state index is 13.3. The third-order valence-electron chi connectivity index (χ3n) is 10.5. The van der Waals surface area contributed by atoms with Crippen molar-refractivity contribution in [1.82, 2.24) is 14.7 Å². The molecule has 6 nitrogen and oxygen atoms in total. The third kappa shape index (κ3) is 6.33. The summed E-state index contributed by atoms with van der Waals surface area (Å²) in [5.41, 5.74) is 2.45. The minimum absolute atomic E-state index is 0.200. The molecule has 2 heterocycles. The molecule has 1 unspecified atom stereocenters. The molecule has 0 spiro atoms. The standard InChI is InChI=1S/C35H47N3O3/c1-2-37(35(40)41-25-26-11-5-3-6-12-26)30-17-19-36(20-18-30)24-29-21-31(23-32(29)27-13-7-4-8-14-27)38-33-16-10-9-15-28(33)22-34(38)39/h3-8,11-14,28-33H,2,9-10,15-25H2,1H3/t28-,29+,31?,32+,33-/m0/s1. The van der Waals surface area contributed by atoms with E-state index >= 15 is 0 Å². The molecular weight excluding hydrogens is 510 g/mol. The van der Waals surface area contributed by atoms with Gasteiger partial charge in [0, 0.05) is 50.7 Å². The van der Waals surface area contributed by atoms with Crippen LogP contribution < -0.4 is 0 Å². The number of amides is 2. The van der Waals surface area contributed by atoms with Gasteiger partial charge in [0.2, 0.25) is 5.91 Å². The molecule has 2 saturated heterocycles. The second-order valence-corrected chi connectivity index (χ2v) is 12.9. The Hall–Kier alpha value is -2.86. The van der Waals surface area contributed by atoms with Crippen LogP contribution in [0.1, 0.15) is 81.8 Å². The van der Waals surface area contributed by atoms with Gasteiger partial charge in [-0.05, 0) is 74.3 Å². The molecule has 0 bridgehead atoms. The SMILES string of the molecule is CCN(C(=O)OCc1ccccc1)C1CCN(C[C@H]2CC(N3C(=O)C[C@@H]4CCCC[C@@H]43)C[C@@H]2c2ccccc2)CC1. The van der Waals surface area contributed by atoms with Crippen molar-refractivity contribution in [1.29, 1.82) is 0 Å². The van der Waals surface area contributed by atoms with Crippen LogP contribution in [0.4, 0.5) is 4.79 Å². The van der Waals surface area contributed by atoms with E-state index in [1.165, 1.54) is 31.2 Å². The van der Waals surface area contributed by atoms with Crippen LogP contribution in [0, 0.1) is 11.8 Å². The van der Waals surface area contributed by atoms with Crippen LogP contribution in [0.25, 0.3) is 0 Å². The molecule has 2 amide bonds. The molecule has 0 radical (unpaired) electrons. The highest BCUT2D eigenvalue weighted by molar-refractivity contribution is 5.80. The van der Waals surface area contributed by atoms with Crippen molar-refractivity contribution in [3.63, 3.8) is 0 Å². The summed E-state index contributed by atoms with van der Waals surface area (Å²) in [5, 5.41) is 0. The number of hydrogen-bond donors (Lipinski definition) is 0. The Morgan fingerprint density at radius 3 is 2.37 bits per heavy atom. The summed E-state index contributed by atoms with van der Waals surface area (Å²) in [6.07, 6.45) is 9.73. The van der Waals surface area contributed by atoms with E-state index in [9.17, 15) is 9.59 Å². The number of benzene rings is 2. The van der Waals surface area contributed by atoms with Gasteiger partial charge in [0.05, 0.1) is 0 Å². The maximum atomic E-state index is 13.3. The molecular formula is C35H47N3O3. The number of rotatable bonds is 8. The molecule has 220 valence electrons. The van der Waals surface area contributed by atoms with Crippen LogP contribution >= 0.6 is 0 Å².